The summed E-state index contributed by atoms with van der Waals surface area (Å²) in [5, 5.41) is 0. The molecule has 2 aliphatic rings. The molecule has 0 radical (unpaired) electrons. The molecule has 2 rings (SSSR count). The lowest BCUT2D eigenvalue weighted by Crippen LogP contribution is -2.57. The molecule has 3 unspecified atom stereocenters. The minimum Gasteiger partial charge on any atom is -0.374 e. The van der Waals surface area contributed by atoms with Crippen LogP contribution in [0.5, 0.6) is 0 Å². The van der Waals surface area contributed by atoms with Crippen molar-refractivity contribution in [3.05, 3.63) is 0 Å². The van der Waals surface area contributed by atoms with Crippen molar-refractivity contribution < 1.29 is 13.3 Å². The van der Waals surface area contributed by atoms with Gasteiger partial charge in [-0.3, -0.25) is 0 Å². The van der Waals surface area contributed by atoms with E-state index in [4.69, 9.17) is 13.3 Å². The molecule has 0 amide bonds. The number of rotatable bonds is 7. The van der Waals surface area contributed by atoms with Gasteiger partial charge in [0.2, 0.25) is 0 Å². The number of hydrogen-bond acceptors (Lipinski definition) is 3. The molecule has 0 heterocycles. The molecule has 2 aliphatic carbocycles. The normalized spacial score (nSPS) is 31.4. The highest BCUT2D eigenvalue weighted by Gasteiger charge is 2.59. The van der Waals surface area contributed by atoms with Crippen molar-refractivity contribution >= 4 is 8.80 Å². The SMILES string of the molecule is CCO[Si](OCC)(OCC)C1CC2CCCCCC21. The largest absolute Gasteiger partial charge is 0.504 e. The standard InChI is InChI=1S/C15H30O3Si/c1-4-16-19(17-5-2,18-6-3)15-12-13-10-8-7-9-11-14(13)15/h13-15H,4-12H2,1-3H3. The summed E-state index contributed by atoms with van der Waals surface area (Å²) in [6.07, 6.45) is 8.25. The van der Waals surface area contributed by atoms with E-state index in [9.17, 15) is 0 Å². The van der Waals surface area contributed by atoms with Crippen LogP contribution in [0.3, 0.4) is 0 Å². The van der Waals surface area contributed by atoms with Gasteiger partial charge in [-0.25, -0.2) is 0 Å². The Kier molecular flexibility index (Phi) is 5.87. The number of hydrogen-bond donors (Lipinski definition) is 0. The van der Waals surface area contributed by atoms with Gasteiger partial charge in [0.1, 0.15) is 0 Å². The zero-order chi connectivity index (χ0) is 13.7. The third kappa shape index (κ3) is 3.23. The average molecular weight is 286 g/mol. The van der Waals surface area contributed by atoms with E-state index in [2.05, 4.69) is 20.8 Å². The van der Waals surface area contributed by atoms with Crippen molar-refractivity contribution in [2.75, 3.05) is 19.8 Å². The molecule has 0 aromatic carbocycles. The van der Waals surface area contributed by atoms with E-state index in [0.29, 0.717) is 25.4 Å². The van der Waals surface area contributed by atoms with Crippen molar-refractivity contribution in [3.63, 3.8) is 0 Å². The predicted molar refractivity (Wildman–Crippen MR) is 79.1 cm³/mol. The van der Waals surface area contributed by atoms with Crippen LogP contribution >= 0.6 is 0 Å². The molecule has 2 saturated carbocycles. The summed E-state index contributed by atoms with van der Waals surface area (Å²) in [5.74, 6) is 1.72. The van der Waals surface area contributed by atoms with E-state index in [1.807, 2.05) is 0 Å². The van der Waals surface area contributed by atoms with Gasteiger partial charge in [-0.05, 0) is 45.4 Å². The summed E-state index contributed by atoms with van der Waals surface area (Å²) in [4.78, 5) is 0. The van der Waals surface area contributed by atoms with Crippen LogP contribution in [0.2, 0.25) is 5.54 Å². The third-order valence-electron chi connectivity index (χ3n) is 4.78. The first-order valence-electron chi connectivity index (χ1n) is 8.19. The Balaban J connectivity index is 2.08. The highest BCUT2D eigenvalue weighted by molar-refractivity contribution is 6.62. The zero-order valence-electron chi connectivity index (χ0n) is 12.8. The van der Waals surface area contributed by atoms with Gasteiger partial charge in [-0.1, -0.05) is 25.7 Å². The molecule has 0 aromatic heterocycles. The topological polar surface area (TPSA) is 27.7 Å². The van der Waals surface area contributed by atoms with Gasteiger partial charge in [-0.2, -0.15) is 0 Å². The van der Waals surface area contributed by atoms with Crippen LogP contribution in [0.25, 0.3) is 0 Å². The fourth-order valence-corrected chi connectivity index (χ4v) is 7.65. The third-order valence-corrected chi connectivity index (χ3v) is 8.43. The van der Waals surface area contributed by atoms with E-state index >= 15 is 0 Å². The molecule has 0 N–H and O–H groups in total. The lowest BCUT2D eigenvalue weighted by molar-refractivity contribution is 0.0162. The van der Waals surface area contributed by atoms with Gasteiger partial charge in [0.15, 0.2) is 0 Å². The van der Waals surface area contributed by atoms with Crippen molar-refractivity contribution in [2.45, 2.75) is 64.8 Å². The Morgan fingerprint density at radius 3 is 2.00 bits per heavy atom. The van der Waals surface area contributed by atoms with E-state index in [0.717, 1.165) is 11.8 Å². The van der Waals surface area contributed by atoms with Crippen LogP contribution in [-0.2, 0) is 13.3 Å². The molecule has 2 fully saturated rings. The predicted octanol–water partition coefficient (Wildman–Crippen LogP) is 4.01. The van der Waals surface area contributed by atoms with Gasteiger partial charge in [0.25, 0.3) is 0 Å². The van der Waals surface area contributed by atoms with Crippen molar-refractivity contribution in [2.24, 2.45) is 11.8 Å². The van der Waals surface area contributed by atoms with Gasteiger partial charge in [0.05, 0.1) is 0 Å². The Bertz CT molecular complexity index is 255. The fourth-order valence-electron chi connectivity index (χ4n) is 4.00. The summed E-state index contributed by atoms with van der Waals surface area (Å²) in [7, 11) is -2.44. The molecule has 0 saturated heterocycles. The Labute approximate surface area is 119 Å². The Hall–Kier alpha value is 0.0969. The van der Waals surface area contributed by atoms with Gasteiger partial charge >= 0.3 is 8.80 Å². The molecule has 19 heavy (non-hydrogen) atoms. The zero-order valence-corrected chi connectivity index (χ0v) is 13.8. The Morgan fingerprint density at radius 2 is 1.42 bits per heavy atom. The van der Waals surface area contributed by atoms with Crippen molar-refractivity contribution in [1.82, 2.24) is 0 Å². The van der Waals surface area contributed by atoms with E-state index in [1.165, 1.54) is 38.5 Å². The van der Waals surface area contributed by atoms with Crippen LogP contribution < -0.4 is 0 Å². The molecular weight excluding hydrogens is 256 g/mol. The molecule has 112 valence electrons. The second kappa shape index (κ2) is 7.20. The van der Waals surface area contributed by atoms with Gasteiger partial charge in [-0.15, -0.1) is 0 Å². The van der Waals surface area contributed by atoms with Crippen LogP contribution in [-0.4, -0.2) is 28.6 Å². The molecular formula is C15H30O3Si. The molecule has 0 aliphatic heterocycles. The fraction of sp³-hybridized carbons (Fsp3) is 1.00. The minimum atomic E-state index is -2.44. The van der Waals surface area contributed by atoms with Crippen LogP contribution in [0.1, 0.15) is 59.3 Å². The monoisotopic (exact) mass is 286 g/mol. The van der Waals surface area contributed by atoms with Crippen LogP contribution in [0.15, 0.2) is 0 Å². The molecule has 0 spiro atoms. The maximum atomic E-state index is 6.10. The molecule has 4 heteroatoms. The highest BCUT2D eigenvalue weighted by atomic mass is 28.4. The maximum absolute atomic E-state index is 6.10. The smallest absolute Gasteiger partial charge is 0.374 e. The van der Waals surface area contributed by atoms with E-state index in [1.54, 1.807) is 0 Å². The second-order valence-electron chi connectivity index (χ2n) is 5.81. The summed E-state index contributed by atoms with van der Waals surface area (Å²) in [6.45, 7) is 8.30. The Morgan fingerprint density at radius 1 is 0.842 bits per heavy atom. The maximum Gasteiger partial charge on any atom is 0.504 e. The number of fused-ring (bicyclic) bond motifs is 1. The average Bonchev–Trinajstić information content (AvgIpc) is 2.53. The van der Waals surface area contributed by atoms with Gasteiger partial charge < -0.3 is 13.3 Å². The van der Waals surface area contributed by atoms with Gasteiger partial charge in [0, 0.05) is 25.4 Å². The summed E-state index contributed by atoms with van der Waals surface area (Å²) in [6, 6.07) is 0. The first-order chi connectivity index (χ1) is 9.27. The lowest BCUT2D eigenvalue weighted by atomic mass is 9.70. The van der Waals surface area contributed by atoms with E-state index in [-0.39, 0.29) is 0 Å². The molecule has 3 atom stereocenters. The quantitative estimate of drug-likeness (QED) is 0.662. The first-order valence-corrected chi connectivity index (χ1v) is 9.99. The van der Waals surface area contributed by atoms with E-state index < -0.39 is 8.80 Å². The van der Waals surface area contributed by atoms with Crippen LogP contribution in [0, 0.1) is 11.8 Å². The molecule has 0 bridgehead atoms. The molecule has 0 aromatic rings. The summed E-state index contributed by atoms with van der Waals surface area (Å²) >= 11 is 0. The van der Waals surface area contributed by atoms with Crippen LogP contribution in [0.4, 0.5) is 0 Å². The summed E-state index contributed by atoms with van der Waals surface area (Å²) < 4.78 is 18.3. The minimum absolute atomic E-state index is 0.565. The first kappa shape index (κ1) is 15.5. The highest BCUT2D eigenvalue weighted by Crippen LogP contribution is 2.56. The lowest BCUT2D eigenvalue weighted by Gasteiger charge is -2.50. The second-order valence-corrected chi connectivity index (χ2v) is 8.62. The molecule has 3 nitrogen and oxygen atoms in total. The van der Waals surface area contributed by atoms with Crippen molar-refractivity contribution in [3.8, 4) is 0 Å². The van der Waals surface area contributed by atoms with Crippen molar-refractivity contribution in [1.29, 1.82) is 0 Å². The summed E-state index contributed by atoms with van der Waals surface area (Å²) in [5.41, 5.74) is 0.565.